The lowest BCUT2D eigenvalue weighted by molar-refractivity contribution is -0.219. The van der Waals surface area contributed by atoms with Crippen LogP contribution in [0.1, 0.15) is 0 Å². The van der Waals surface area contributed by atoms with Crippen molar-refractivity contribution in [3.63, 3.8) is 0 Å². The number of ether oxygens (including phenoxy) is 7. The van der Waals surface area contributed by atoms with Crippen LogP contribution in [0.25, 0.3) is 0 Å². The maximum Gasteiger partial charge on any atom is 0.166 e. The molecule has 0 bridgehead atoms. The molecule has 10 rings (SSSR count). The summed E-state index contributed by atoms with van der Waals surface area (Å²) in [5.41, 5.74) is -1.29. The third-order valence-electron chi connectivity index (χ3n) is 8.44. The van der Waals surface area contributed by atoms with Crippen LogP contribution in [0.4, 0.5) is 0 Å². The van der Waals surface area contributed by atoms with Gasteiger partial charge in [0.15, 0.2) is 46.1 Å². The molecular weight excluding hydrogens is 424 g/mol. The summed E-state index contributed by atoms with van der Waals surface area (Å²) in [5, 5.41) is 0. The Hall–Kier alpha value is -3.00. The standard InChI is InChI=1S/C26H18O7/c1-11(2-16-15(1)29-16)25(23-9-27-23,12-3-17-18(4-12)30-17)33-26(24-10-28-24,13-5-19-20(6-13)31-19)14-7-21-22(8-14)32-21/h1-8,11-14,23-24H,9-10H2. The van der Waals surface area contributed by atoms with Gasteiger partial charge in [-0.2, -0.15) is 0 Å². The van der Waals surface area contributed by atoms with Gasteiger partial charge in [0.1, 0.15) is 23.4 Å². The Labute approximate surface area is 188 Å². The molecule has 7 heteroatoms. The first kappa shape index (κ1) is 16.6. The van der Waals surface area contributed by atoms with Crippen molar-refractivity contribution in [1.82, 2.24) is 0 Å². The second kappa shape index (κ2) is 4.92. The van der Waals surface area contributed by atoms with Gasteiger partial charge in [0.25, 0.3) is 0 Å². The third kappa shape index (κ3) is 2.07. The van der Waals surface area contributed by atoms with Crippen LogP contribution in [0, 0.1) is 23.7 Å². The minimum absolute atomic E-state index is 0.0260. The van der Waals surface area contributed by atoms with Crippen LogP contribution < -0.4 is 0 Å². The van der Waals surface area contributed by atoms with E-state index in [2.05, 4.69) is 48.6 Å². The zero-order valence-corrected chi connectivity index (χ0v) is 17.4. The highest BCUT2D eigenvalue weighted by molar-refractivity contribution is 5.52. The molecule has 4 aliphatic carbocycles. The quantitative estimate of drug-likeness (QED) is 0.535. The molecule has 0 spiro atoms. The average molecular weight is 442 g/mol. The van der Waals surface area contributed by atoms with Gasteiger partial charge >= 0.3 is 0 Å². The maximum atomic E-state index is 7.66. The highest BCUT2D eigenvalue weighted by atomic mass is 16.7. The summed E-state index contributed by atoms with van der Waals surface area (Å²) in [5.74, 6) is 7.78. The summed E-state index contributed by atoms with van der Waals surface area (Å²) in [6.45, 7) is 1.34. The van der Waals surface area contributed by atoms with Crippen molar-refractivity contribution in [2.75, 3.05) is 13.2 Å². The van der Waals surface area contributed by atoms with Gasteiger partial charge in [0, 0.05) is 23.7 Å². The predicted octanol–water partition coefficient (Wildman–Crippen LogP) is 2.99. The Kier molecular flexibility index (Phi) is 2.47. The molecular formula is C26H18O7. The van der Waals surface area contributed by atoms with Crippen molar-refractivity contribution < 1.29 is 33.2 Å². The zero-order valence-electron chi connectivity index (χ0n) is 17.4. The van der Waals surface area contributed by atoms with E-state index in [9.17, 15) is 0 Å². The van der Waals surface area contributed by atoms with Gasteiger partial charge in [-0.3, -0.25) is 0 Å². The van der Waals surface area contributed by atoms with E-state index >= 15 is 0 Å². The second-order valence-corrected chi connectivity index (χ2v) is 10.2. The molecule has 2 atom stereocenters. The normalized spacial score (nSPS) is 33.8. The van der Waals surface area contributed by atoms with Crippen LogP contribution >= 0.6 is 0 Å². The topological polar surface area (TPSA) is 84.4 Å². The lowest BCUT2D eigenvalue weighted by atomic mass is 9.70. The maximum absolute atomic E-state index is 7.66. The largest absolute Gasteiger partial charge is 0.450 e. The van der Waals surface area contributed by atoms with Crippen molar-refractivity contribution in [3.8, 4) is 0 Å². The first-order chi connectivity index (χ1) is 16.2. The summed E-state index contributed by atoms with van der Waals surface area (Å²) in [4.78, 5) is 0. The van der Waals surface area contributed by atoms with E-state index in [0.717, 1.165) is 46.1 Å². The monoisotopic (exact) mass is 442 g/mol. The Bertz CT molecular complexity index is 1080. The molecule has 10 aliphatic rings. The Morgan fingerprint density at radius 1 is 0.485 bits per heavy atom. The van der Waals surface area contributed by atoms with Gasteiger partial charge in [-0.15, -0.1) is 0 Å². The predicted molar refractivity (Wildman–Crippen MR) is 109 cm³/mol. The summed E-state index contributed by atoms with van der Waals surface area (Å²) in [6.07, 6.45) is 17.4. The van der Waals surface area contributed by atoms with Crippen molar-refractivity contribution in [2.45, 2.75) is 23.4 Å². The molecule has 33 heavy (non-hydrogen) atoms. The fourth-order valence-corrected chi connectivity index (χ4v) is 6.47. The van der Waals surface area contributed by atoms with Gasteiger partial charge in [-0.05, 0) is 48.6 Å². The van der Waals surface area contributed by atoms with Gasteiger partial charge in [-0.25, -0.2) is 0 Å². The van der Waals surface area contributed by atoms with Crippen LogP contribution in [0.15, 0.2) is 94.7 Å². The SMILES string of the molecule is C1=C2OC2=CC1C(OC(C1C=C2OC2=C1)(C1C=C2OC2=C1)C1CO1)(C1C=C2OC2=C1)C1CO1. The molecule has 7 nitrogen and oxygen atoms in total. The van der Waals surface area contributed by atoms with Crippen molar-refractivity contribution in [1.29, 1.82) is 0 Å². The molecule has 6 fully saturated rings. The van der Waals surface area contributed by atoms with Crippen molar-refractivity contribution in [3.05, 3.63) is 94.7 Å². The second-order valence-electron chi connectivity index (χ2n) is 10.2. The van der Waals surface area contributed by atoms with E-state index in [4.69, 9.17) is 33.2 Å². The molecule has 0 saturated carbocycles. The number of epoxide rings is 6. The van der Waals surface area contributed by atoms with Gasteiger partial charge < -0.3 is 33.2 Å². The summed E-state index contributed by atoms with van der Waals surface area (Å²) in [6, 6.07) is 0. The van der Waals surface area contributed by atoms with E-state index in [1.807, 2.05) is 0 Å². The molecule has 0 radical (unpaired) electrons. The van der Waals surface area contributed by atoms with E-state index in [1.165, 1.54) is 0 Å². The number of rotatable bonds is 8. The Morgan fingerprint density at radius 2 is 0.727 bits per heavy atom. The van der Waals surface area contributed by atoms with Crippen molar-refractivity contribution >= 4 is 0 Å². The first-order valence-electron chi connectivity index (χ1n) is 11.6. The highest BCUT2D eigenvalue weighted by Gasteiger charge is 2.69. The van der Waals surface area contributed by atoms with Gasteiger partial charge in [-0.1, -0.05) is 0 Å². The molecule has 0 aromatic rings. The zero-order chi connectivity index (χ0) is 21.1. The summed E-state index contributed by atoms with van der Waals surface area (Å²) < 4.78 is 42.1. The van der Waals surface area contributed by atoms with Crippen LogP contribution in [0.5, 0.6) is 0 Å². The minimum Gasteiger partial charge on any atom is -0.450 e. The van der Waals surface area contributed by atoms with E-state index < -0.39 is 11.2 Å². The van der Waals surface area contributed by atoms with E-state index in [1.54, 1.807) is 0 Å². The Balaban J connectivity index is 1.17. The average Bonchev–Trinajstić information content (AvgIpc) is 3.60. The summed E-state index contributed by atoms with van der Waals surface area (Å²) >= 11 is 0. The fraction of sp³-hybridized carbons (Fsp3) is 0.385. The van der Waals surface area contributed by atoms with Crippen LogP contribution in [-0.4, -0.2) is 36.6 Å². The molecule has 2 unspecified atom stereocenters. The summed E-state index contributed by atoms with van der Waals surface area (Å²) in [7, 11) is 0. The highest BCUT2D eigenvalue weighted by Crippen LogP contribution is 2.61. The molecule has 164 valence electrons. The fourth-order valence-electron chi connectivity index (χ4n) is 6.47. The smallest absolute Gasteiger partial charge is 0.166 e. The van der Waals surface area contributed by atoms with Crippen LogP contribution in [0.3, 0.4) is 0 Å². The molecule has 0 aromatic carbocycles. The van der Waals surface area contributed by atoms with Crippen LogP contribution in [0.2, 0.25) is 0 Å². The van der Waals surface area contributed by atoms with Crippen molar-refractivity contribution in [2.24, 2.45) is 23.7 Å². The lowest BCUT2D eigenvalue weighted by Gasteiger charge is -2.51. The molecule has 0 amide bonds. The molecule has 0 N–H and O–H groups in total. The van der Waals surface area contributed by atoms with Gasteiger partial charge in [0.05, 0.1) is 13.2 Å². The number of fused-ring (bicyclic) bond motifs is 4. The molecule has 6 aliphatic heterocycles. The minimum atomic E-state index is -0.644. The first-order valence-corrected chi connectivity index (χ1v) is 11.6. The third-order valence-corrected chi connectivity index (χ3v) is 8.44. The number of hydrogen-bond donors (Lipinski definition) is 0. The number of hydrogen-bond acceptors (Lipinski definition) is 7. The Morgan fingerprint density at radius 3 is 0.939 bits per heavy atom. The molecule has 0 aromatic heterocycles. The molecule has 6 saturated heterocycles. The van der Waals surface area contributed by atoms with E-state index in [0.29, 0.717) is 13.2 Å². The van der Waals surface area contributed by atoms with Crippen LogP contribution in [-0.2, 0) is 33.2 Å². The lowest BCUT2D eigenvalue weighted by Crippen LogP contribution is -2.61. The van der Waals surface area contributed by atoms with E-state index in [-0.39, 0.29) is 35.9 Å². The van der Waals surface area contributed by atoms with Gasteiger partial charge in [0.2, 0.25) is 0 Å². The molecule has 6 heterocycles.